The molecule has 0 saturated heterocycles. The second kappa shape index (κ2) is 4.10. The lowest BCUT2D eigenvalue weighted by atomic mass is 10.1. The molecule has 0 spiro atoms. The second-order valence-electron chi connectivity index (χ2n) is 4.46. The van der Waals surface area contributed by atoms with Crippen molar-refractivity contribution >= 4 is 21.6 Å². The molecule has 2 nitrogen and oxygen atoms in total. The molecular formula is C15H13NOS. The third-order valence-corrected chi connectivity index (χ3v) is 4.33. The van der Waals surface area contributed by atoms with Gasteiger partial charge in [-0.15, -0.1) is 0 Å². The highest BCUT2D eigenvalue weighted by atomic mass is 32.1. The van der Waals surface area contributed by atoms with Crippen LogP contribution in [0.3, 0.4) is 0 Å². The molecular weight excluding hydrogens is 242 g/mol. The first-order valence-electron chi connectivity index (χ1n) is 5.85. The van der Waals surface area contributed by atoms with Crippen molar-refractivity contribution in [3.63, 3.8) is 0 Å². The Balaban J connectivity index is 2.28. The quantitative estimate of drug-likeness (QED) is 0.650. The standard InChI is InChI=1S/C15H13NOS/c1-10-7-8-12(9-11(10)2)16-15(17)13-5-3-4-6-14(13)18-16/h3-9H,1-2H3. The molecule has 0 saturated carbocycles. The summed E-state index contributed by atoms with van der Waals surface area (Å²) in [6.45, 7) is 4.14. The minimum Gasteiger partial charge on any atom is -0.267 e. The molecule has 0 unspecified atom stereocenters. The van der Waals surface area contributed by atoms with E-state index in [2.05, 4.69) is 26.0 Å². The van der Waals surface area contributed by atoms with Crippen LogP contribution in [0.25, 0.3) is 15.8 Å². The first-order valence-corrected chi connectivity index (χ1v) is 6.63. The number of benzene rings is 2. The van der Waals surface area contributed by atoms with Crippen LogP contribution in [-0.4, -0.2) is 3.96 Å². The zero-order chi connectivity index (χ0) is 12.7. The molecule has 3 aromatic rings. The van der Waals surface area contributed by atoms with Gasteiger partial charge in [-0.3, -0.25) is 4.79 Å². The average molecular weight is 255 g/mol. The van der Waals surface area contributed by atoms with Crippen molar-refractivity contribution in [3.8, 4) is 5.69 Å². The Morgan fingerprint density at radius 3 is 2.50 bits per heavy atom. The van der Waals surface area contributed by atoms with Crippen molar-refractivity contribution in [2.75, 3.05) is 0 Å². The van der Waals surface area contributed by atoms with Gasteiger partial charge >= 0.3 is 0 Å². The minimum absolute atomic E-state index is 0.0684. The monoisotopic (exact) mass is 255 g/mol. The Morgan fingerprint density at radius 2 is 1.78 bits per heavy atom. The topological polar surface area (TPSA) is 22.0 Å². The average Bonchev–Trinajstić information content (AvgIpc) is 2.71. The molecule has 1 aromatic heterocycles. The van der Waals surface area contributed by atoms with E-state index >= 15 is 0 Å². The zero-order valence-corrected chi connectivity index (χ0v) is 11.1. The van der Waals surface area contributed by atoms with Crippen LogP contribution in [0.5, 0.6) is 0 Å². The van der Waals surface area contributed by atoms with Gasteiger partial charge in [0.2, 0.25) is 0 Å². The molecule has 3 heteroatoms. The number of rotatable bonds is 1. The molecule has 0 aliphatic carbocycles. The Bertz CT molecular complexity index is 783. The maximum absolute atomic E-state index is 12.3. The maximum Gasteiger partial charge on any atom is 0.273 e. The second-order valence-corrected chi connectivity index (χ2v) is 5.44. The number of aromatic nitrogens is 1. The van der Waals surface area contributed by atoms with Gasteiger partial charge in [-0.1, -0.05) is 29.7 Å². The van der Waals surface area contributed by atoms with Crippen molar-refractivity contribution in [2.24, 2.45) is 0 Å². The highest BCUT2D eigenvalue weighted by molar-refractivity contribution is 7.14. The summed E-state index contributed by atoms with van der Waals surface area (Å²) >= 11 is 1.50. The summed E-state index contributed by atoms with van der Waals surface area (Å²) in [6.07, 6.45) is 0. The molecule has 0 amide bonds. The van der Waals surface area contributed by atoms with E-state index in [1.165, 1.54) is 22.7 Å². The van der Waals surface area contributed by atoms with Crippen molar-refractivity contribution in [1.82, 2.24) is 3.96 Å². The van der Waals surface area contributed by atoms with Crippen LogP contribution in [0.15, 0.2) is 47.3 Å². The Kier molecular flexibility index (Phi) is 2.56. The maximum atomic E-state index is 12.3. The third-order valence-electron chi connectivity index (χ3n) is 3.22. The van der Waals surface area contributed by atoms with Gasteiger partial charge in [-0.2, -0.15) is 0 Å². The largest absolute Gasteiger partial charge is 0.273 e. The third kappa shape index (κ3) is 1.68. The summed E-state index contributed by atoms with van der Waals surface area (Å²) in [5.74, 6) is 0. The Labute approximate surface area is 109 Å². The van der Waals surface area contributed by atoms with Gasteiger partial charge in [0.15, 0.2) is 0 Å². The highest BCUT2D eigenvalue weighted by Crippen LogP contribution is 2.21. The Hall–Kier alpha value is -1.87. The van der Waals surface area contributed by atoms with E-state index < -0.39 is 0 Å². The van der Waals surface area contributed by atoms with Gasteiger partial charge < -0.3 is 0 Å². The molecule has 18 heavy (non-hydrogen) atoms. The fourth-order valence-corrected chi connectivity index (χ4v) is 2.98. The summed E-state index contributed by atoms with van der Waals surface area (Å²) in [6, 6.07) is 13.8. The summed E-state index contributed by atoms with van der Waals surface area (Å²) in [7, 11) is 0. The first-order chi connectivity index (χ1) is 8.66. The normalized spacial score (nSPS) is 11.0. The molecule has 0 N–H and O–H groups in total. The summed E-state index contributed by atoms with van der Waals surface area (Å²) in [5.41, 5.74) is 3.47. The molecule has 0 fully saturated rings. The smallest absolute Gasteiger partial charge is 0.267 e. The predicted molar refractivity (Wildman–Crippen MR) is 76.9 cm³/mol. The van der Waals surface area contributed by atoms with Gasteiger partial charge in [0.25, 0.3) is 5.56 Å². The first kappa shape index (κ1) is 11.2. The summed E-state index contributed by atoms with van der Waals surface area (Å²) in [5, 5.41) is 0.792. The number of hydrogen-bond donors (Lipinski definition) is 0. The van der Waals surface area contributed by atoms with Crippen LogP contribution in [0.4, 0.5) is 0 Å². The zero-order valence-electron chi connectivity index (χ0n) is 10.3. The van der Waals surface area contributed by atoms with Crippen molar-refractivity contribution in [2.45, 2.75) is 13.8 Å². The molecule has 0 radical (unpaired) electrons. The molecule has 0 bridgehead atoms. The van der Waals surface area contributed by atoms with E-state index in [0.29, 0.717) is 0 Å². The van der Waals surface area contributed by atoms with Crippen LogP contribution < -0.4 is 5.56 Å². The van der Waals surface area contributed by atoms with Gasteiger partial charge in [0, 0.05) is 0 Å². The van der Waals surface area contributed by atoms with Crippen LogP contribution in [0, 0.1) is 13.8 Å². The van der Waals surface area contributed by atoms with Crippen molar-refractivity contribution in [3.05, 3.63) is 63.9 Å². The minimum atomic E-state index is 0.0684. The van der Waals surface area contributed by atoms with Crippen LogP contribution in [-0.2, 0) is 0 Å². The van der Waals surface area contributed by atoms with E-state index in [-0.39, 0.29) is 5.56 Å². The van der Waals surface area contributed by atoms with Crippen LogP contribution in [0.2, 0.25) is 0 Å². The van der Waals surface area contributed by atoms with Gasteiger partial charge in [-0.05, 0) is 49.2 Å². The summed E-state index contributed by atoms with van der Waals surface area (Å²) < 4.78 is 2.79. The number of fused-ring (bicyclic) bond motifs is 1. The Morgan fingerprint density at radius 1 is 1.00 bits per heavy atom. The lowest BCUT2D eigenvalue weighted by Crippen LogP contribution is -2.10. The lowest BCUT2D eigenvalue weighted by Gasteiger charge is -2.04. The summed E-state index contributed by atoms with van der Waals surface area (Å²) in [4.78, 5) is 12.3. The molecule has 0 atom stereocenters. The number of nitrogens with zero attached hydrogens (tertiary/aromatic N) is 1. The van der Waals surface area contributed by atoms with E-state index in [1.54, 1.807) is 3.96 Å². The fourth-order valence-electron chi connectivity index (χ4n) is 1.99. The molecule has 2 aromatic carbocycles. The van der Waals surface area contributed by atoms with E-state index in [4.69, 9.17) is 0 Å². The SMILES string of the molecule is Cc1ccc(-n2sc3ccccc3c2=O)cc1C. The van der Waals surface area contributed by atoms with Gasteiger partial charge in [0.1, 0.15) is 0 Å². The van der Waals surface area contributed by atoms with Gasteiger partial charge in [-0.25, -0.2) is 3.96 Å². The molecule has 0 aliphatic heterocycles. The molecule has 1 heterocycles. The van der Waals surface area contributed by atoms with Crippen LogP contribution >= 0.6 is 11.5 Å². The lowest BCUT2D eigenvalue weighted by molar-refractivity contribution is 1.13. The highest BCUT2D eigenvalue weighted by Gasteiger charge is 2.08. The number of aryl methyl sites for hydroxylation is 2. The van der Waals surface area contributed by atoms with Crippen molar-refractivity contribution in [1.29, 1.82) is 0 Å². The van der Waals surface area contributed by atoms with E-state index in [1.807, 2.05) is 30.3 Å². The van der Waals surface area contributed by atoms with E-state index in [0.717, 1.165) is 15.8 Å². The molecule has 3 rings (SSSR count). The van der Waals surface area contributed by atoms with Gasteiger partial charge in [0.05, 0.1) is 15.8 Å². The van der Waals surface area contributed by atoms with E-state index in [9.17, 15) is 4.79 Å². The number of hydrogen-bond acceptors (Lipinski definition) is 2. The molecule has 0 aliphatic rings. The fraction of sp³-hybridized carbons (Fsp3) is 0.133. The van der Waals surface area contributed by atoms with Crippen LogP contribution in [0.1, 0.15) is 11.1 Å². The van der Waals surface area contributed by atoms with Crippen molar-refractivity contribution < 1.29 is 0 Å². The molecule has 90 valence electrons. The predicted octanol–water partition coefficient (Wildman–Crippen LogP) is 3.67.